The van der Waals surface area contributed by atoms with Crippen LogP contribution in [0.4, 0.5) is 0 Å². The third kappa shape index (κ3) is 4.18. The Morgan fingerprint density at radius 2 is 2.26 bits per heavy atom. The second kappa shape index (κ2) is 7.46. The number of hydrogen-bond acceptors (Lipinski definition) is 3. The van der Waals surface area contributed by atoms with E-state index in [1.54, 1.807) is 11.3 Å². The molecule has 0 saturated carbocycles. The van der Waals surface area contributed by atoms with Gasteiger partial charge in [-0.3, -0.25) is 0 Å². The molecule has 19 heavy (non-hydrogen) atoms. The molecule has 0 aliphatic heterocycles. The molecule has 1 unspecified atom stereocenters. The Bertz CT molecular complexity index is 461. The van der Waals surface area contributed by atoms with Crippen LogP contribution < -0.4 is 5.32 Å². The summed E-state index contributed by atoms with van der Waals surface area (Å²) >= 11 is 1.77. The molecular formula is C15H23N3S. The number of imidazole rings is 1. The van der Waals surface area contributed by atoms with E-state index in [9.17, 15) is 0 Å². The normalized spacial score (nSPS) is 12.7. The first-order valence-corrected chi connectivity index (χ1v) is 8.02. The van der Waals surface area contributed by atoms with Crippen LogP contribution in [0.25, 0.3) is 0 Å². The summed E-state index contributed by atoms with van der Waals surface area (Å²) in [4.78, 5) is 4.51. The smallest absolute Gasteiger partial charge is 0.110 e. The second-order valence-corrected chi connectivity index (χ2v) is 5.61. The Morgan fingerprint density at radius 3 is 2.95 bits per heavy atom. The Labute approximate surface area is 119 Å². The van der Waals surface area contributed by atoms with Gasteiger partial charge in [-0.25, -0.2) is 4.98 Å². The Kier molecular flexibility index (Phi) is 5.61. The number of nitrogens with one attached hydrogen (secondary N) is 1. The van der Waals surface area contributed by atoms with Crippen LogP contribution in [0.3, 0.4) is 0 Å². The van der Waals surface area contributed by atoms with Crippen LogP contribution in [0, 0.1) is 0 Å². The zero-order valence-corrected chi connectivity index (χ0v) is 12.6. The maximum absolute atomic E-state index is 4.51. The lowest BCUT2D eigenvalue weighted by atomic mass is 10.1. The van der Waals surface area contributed by atoms with Gasteiger partial charge in [0.2, 0.25) is 0 Å². The van der Waals surface area contributed by atoms with E-state index in [0.29, 0.717) is 6.04 Å². The van der Waals surface area contributed by atoms with E-state index >= 15 is 0 Å². The molecule has 4 heteroatoms. The standard InChI is InChI=1S/C15H23N3S/c1-3-7-18-8-6-17-15(18)11-14(16-4-2)10-13-5-9-19-12-13/h5-6,8-9,12,14,16H,3-4,7,10-11H2,1-2H3. The molecule has 2 aromatic heterocycles. The monoisotopic (exact) mass is 277 g/mol. The van der Waals surface area contributed by atoms with Gasteiger partial charge in [0.05, 0.1) is 0 Å². The summed E-state index contributed by atoms with van der Waals surface area (Å²) in [5, 5.41) is 7.97. The van der Waals surface area contributed by atoms with Gasteiger partial charge >= 0.3 is 0 Å². The van der Waals surface area contributed by atoms with E-state index < -0.39 is 0 Å². The van der Waals surface area contributed by atoms with Crippen molar-refractivity contribution in [3.05, 3.63) is 40.6 Å². The summed E-state index contributed by atoms with van der Waals surface area (Å²) < 4.78 is 2.28. The predicted octanol–water partition coefficient (Wildman–Crippen LogP) is 3.12. The quantitative estimate of drug-likeness (QED) is 0.803. The van der Waals surface area contributed by atoms with E-state index in [2.05, 4.69) is 51.7 Å². The Balaban J connectivity index is 2.01. The summed E-state index contributed by atoms with van der Waals surface area (Å²) in [5.41, 5.74) is 1.42. The number of hydrogen-bond donors (Lipinski definition) is 1. The SMILES string of the molecule is CCCn1ccnc1CC(Cc1ccsc1)NCC. The van der Waals surface area contributed by atoms with Crippen molar-refractivity contribution in [2.24, 2.45) is 0 Å². The largest absolute Gasteiger partial charge is 0.335 e. The first kappa shape index (κ1) is 14.3. The number of nitrogens with zero attached hydrogens (tertiary/aromatic N) is 2. The molecule has 104 valence electrons. The van der Waals surface area contributed by atoms with Crippen molar-refractivity contribution in [3.63, 3.8) is 0 Å². The van der Waals surface area contributed by atoms with Gasteiger partial charge in [0.1, 0.15) is 5.82 Å². The molecule has 2 rings (SSSR count). The highest BCUT2D eigenvalue weighted by molar-refractivity contribution is 7.07. The number of likely N-dealkylation sites (N-methyl/N-ethyl adjacent to an activating group) is 1. The van der Waals surface area contributed by atoms with Crippen molar-refractivity contribution in [3.8, 4) is 0 Å². The Hall–Kier alpha value is -1.13. The third-order valence-electron chi connectivity index (χ3n) is 3.25. The minimum atomic E-state index is 0.470. The lowest BCUT2D eigenvalue weighted by Crippen LogP contribution is -2.33. The zero-order valence-electron chi connectivity index (χ0n) is 11.8. The molecule has 0 spiro atoms. The molecule has 1 N–H and O–H groups in total. The maximum Gasteiger partial charge on any atom is 0.110 e. The van der Waals surface area contributed by atoms with Crippen LogP contribution in [0.15, 0.2) is 29.2 Å². The van der Waals surface area contributed by atoms with Gasteiger partial charge in [0.25, 0.3) is 0 Å². The van der Waals surface area contributed by atoms with Crippen molar-refractivity contribution < 1.29 is 0 Å². The summed E-state index contributed by atoms with van der Waals surface area (Å²) in [6.45, 7) is 6.44. The van der Waals surface area contributed by atoms with E-state index in [1.165, 1.54) is 11.4 Å². The summed E-state index contributed by atoms with van der Waals surface area (Å²) in [6.07, 6.45) is 7.23. The molecule has 0 aromatic carbocycles. The van der Waals surface area contributed by atoms with Gasteiger partial charge in [0, 0.05) is 31.4 Å². The van der Waals surface area contributed by atoms with Gasteiger partial charge < -0.3 is 9.88 Å². The van der Waals surface area contributed by atoms with Crippen molar-refractivity contribution in [2.45, 2.75) is 45.7 Å². The van der Waals surface area contributed by atoms with Crippen LogP contribution in [-0.2, 0) is 19.4 Å². The van der Waals surface area contributed by atoms with Gasteiger partial charge in [-0.15, -0.1) is 0 Å². The van der Waals surface area contributed by atoms with Gasteiger partial charge in [-0.2, -0.15) is 11.3 Å². The molecule has 0 aliphatic rings. The van der Waals surface area contributed by atoms with E-state index in [0.717, 1.165) is 32.4 Å². The summed E-state index contributed by atoms with van der Waals surface area (Å²) in [5.74, 6) is 1.20. The third-order valence-corrected chi connectivity index (χ3v) is 3.98. The average molecular weight is 277 g/mol. The molecule has 3 nitrogen and oxygen atoms in total. The lowest BCUT2D eigenvalue weighted by molar-refractivity contribution is 0.495. The Morgan fingerprint density at radius 1 is 1.37 bits per heavy atom. The fraction of sp³-hybridized carbons (Fsp3) is 0.533. The number of aromatic nitrogens is 2. The lowest BCUT2D eigenvalue weighted by Gasteiger charge is -2.17. The van der Waals surface area contributed by atoms with Gasteiger partial charge in [0.15, 0.2) is 0 Å². The number of aryl methyl sites for hydroxylation is 1. The number of rotatable bonds is 8. The molecule has 0 aliphatic carbocycles. The highest BCUT2D eigenvalue weighted by Crippen LogP contribution is 2.12. The molecular weight excluding hydrogens is 254 g/mol. The molecule has 1 atom stereocenters. The highest BCUT2D eigenvalue weighted by atomic mass is 32.1. The van der Waals surface area contributed by atoms with Crippen LogP contribution in [-0.4, -0.2) is 22.1 Å². The van der Waals surface area contributed by atoms with Crippen molar-refractivity contribution in [2.75, 3.05) is 6.54 Å². The first-order chi connectivity index (χ1) is 9.33. The fourth-order valence-electron chi connectivity index (χ4n) is 2.39. The zero-order chi connectivity index (χ0) is 13.5. The van der Waals surface area contributed by atoms with Gasteiger partial charge in [-0.05, 0) is 41.8 Å². The second-order valence-electron chi connectivity index (χ2n) is 4.83. The highest BCUT2D eigenvalue weighted by Gasteiger charge is 2.13. The molecule has 0 radical (unpaired) electrons. The molecule has 2 heterocycles. The van der Waals surface area contributed by atoms with E-state index in [4.69, 9.17) is 0 Å². The van der Waals surface area contributed by atoms with Crippen molar-refractivity contribution in [1.82, 2.24) is 14.9 Å². The van der Waals surface area contributed by atoms with Crippen LogP contribution in [0.5, 0.6) is 0 Å². The van der Waals surface area contributed by atoms with Crippen molar-refractivity contribution in [1.29, 1.82) is 0 Å². The summed E-state index contributed by atoms with van der Waals surface area (Å²) in [7, 11) is 0. The average Bonchev–Trinajstić information content (AvgIpc) is 3.03. The minimum absolute atomic E-state index is 0.470. The van der Waals surface area contributed by atoms with Gasteiger partial charge in [-0.1, -0.05) is 13.8 Å². The van der Waals surface area contributed by atoms with Crippen LogP contribution >= 0.6 is 11.3 Å². The minimum Gasteiger partial charge on any atom is -0.335 e. The molecule has 2 aromatic rings. The first-order valence-electron chi connectivity index (χ1n) is 7.08. The van der Waals surface area contributed by atoms with Crippen molar-refractivity contribution >= 4 is 11.3 Å². The predicted molar refractivity (Wildman–Crippen MR) is 81.7 cm³/mol. The van der Waals surface area contributed by atoms with E-state index in [-0.39, 0.29) is 0 Å². The van der Waals surface area contributed by atoms with Crippen LogP contribution in [0.2, 0.25) is 0 Å². The molecule has 0 amide bonds. The van der Waals surface area contributed by atoms with E-state index in [1.807, 2.05) is 6.20 Å². The topological polar surface area (TPSA) is 29.9 Å². The summed E-state index contributed by atoms with van der Waals surface area (Å²) in [6, 6.07) is 2.69. The van der Waals surface area contributed by atoms with Crippen LogP contribution in [0.1, 0.15) is 31.7 Å². The fourth-order valence-corrected chi connectivity index (χ4v) is 3.07. The maximum atomic E-state index is 4.51. The molecule has 0 saturated heterocycles. The molecule has 0 bridgehead atoms. The number of thiophene rings is 1. The molecule has 0 fully saturated rings.